The van der Waals surface area contributed by atoms with Gasteiger partial charge in [-0.25, -0.2) is 4.98 Å². The van der Waals surface area contributed by atoms with Gasteiger partial charge in [0.1, 0.15) is 11.6 Å². The second-order valence-corrected chi connectivity index (χ2v) is 9.10. The molecule has 9 heteroatoms. The lowest BCUT2D eigenvalue weighted by Gasteiger charge is -2.33. The number of hydrogen-bond acceptors (Lipinski definition) is 8. The monoisotopic (exact) mass is 471 g/mol. The number of methoxy groups -OCH3 is 3. The number of carbonyl (C=O) groups is 1. The number of aromatic nitrogens is 2. The van der Waals surface area contributed by atoms with Crippen molar-refractivity contribution >= 4 is 23.4 Å². The average molecular weight is 472 g/mol. The van der Waals surface area contributed by atoms with Crippen LogP contribution < -0.4 is 25.1 Å². The first-order valence-electron chi connectivity index (χ1n) is 11.1. The zero-order chi connectivity index (χ0) is 23.5. The van der Waals surface area contributed by atoms with Crippen molar-refractivity contribution < 1.29 is 19.0 Å². The molecule has 1 atom stereocenters. The Kier molecular flexibility index (Phi) is 6.97. The van der Waals surface area contributed by atoms with Crippen LogP contribution in [-0.2, 0) is 4.79 Å². The maximum Gasteiger partial charge on any atom is 0.257 e. The summed E-state index contributed by atoms with van der Waals surface area (Å²) in [5.41, 5.74) is 2.23. The molecule has 4 rings (SSSR count). The number of aromatic amines is 1. The van der Waals surface area contributed by atoms with Gasteiger partial charge in [-0.3, -0.25) is 9.59 Å². The molecule has 0 bridgehead atoms. The van der Waals surface area contributed by atoms with Crippen molar-refractivity contribution in [3.63, 3.8) is 0 Å². The summed E-state index contributed by atoms with van der Waals surface area (Å²) in [4.78, 5) is 34.1. The van der Waals surface area contributed by atoms with Crippen LogP contribution >= 0.6 is 11.8 Å². The zero-order valence-electron chi connectivity index (χ0n) is 19.4. The molecule has 2 aliphatic rings. The molecule has 1 unspecified atom stereocenters. The van der Waals surface area contributed by atoms with Crippen LogP contribution in [0.1, 0.15) is 56.1 Å². The van der Waals surface area contributed by atoms with Crippen LogP contribution in [0, 0.1) is 0 Å². The first kappa shape index (κ1) is 23.2. The van der Waals surface area contributed by atoms with Crippen molar-refractivity contribution in [1.82, 2.24) is 9.97 Å². The summed E-state index contributed by atoms with van der Waals surface area (Å²) in [6.07, 6.45) is 4.03. The van der Waals surface area contributed by atoms with Crippen LogP contribution in [0.25, 0.3) is 0 Å². The Morgan fingerprint density at radius 3 is 2.48 bits per heavy atom. The molecule has 8 nitrogen and oxygen atoms in total. The van der Waals surface area contributed by atoms with Crippen molar-refractivity contribution in [3.8, 4) is 17.2 Å². The van der Waals surface area contributed by atoms with Crippen molar-refractivity contribution in [2.24, 2.45) is 0 Å². The van der Waals surface area contributed by atoms with Gasteiger partial charge in [0, 0.05) is 35.1 Å². The van der Waals surface area contributed by atoms with E-state index in [1.165, 1.54) is 11.8 Å². The minimum Gasteiger partial charge on any atom is -0.496 e. The number of fused-ring (bicyclic) bond motifs is 1. The molecule has 2 N–H and O–H groups in total. The summed E-state index contributed by atoms with van der Waals surface area (Å²) < 4.78 is 16.6. The molecule has 0 saturated carbocycles. The molecule has 0 radical (unpaired) electrons. The highest BCUT2D eigenvalue weighted by Gasteiger charge is 2.39. The number of ketones is 1. The molecular formula is C24H29N3O5S. The first-order valence-corrected chi connectivity index (χ1v) is 12.1. The van der Waals surface area contributed by atoms with Gasteiger partial charge in [0.2, 0.25) is 0 Å². The third-order valence-electron chi connectivity index (χ3n) is 6.02. The van der Waals surface area contributed by atoms with E-state index in [0.29, 0.717) is 51.3 Å². The summed E-state index contributed by atoms with van der Waals surface area (Å²) in [5.74, 6) is 2.28. The molecule has 176 valence electrons. The Bertz CT molecular complexity index is 1160. The van der Waals surface area contributed by atoms with Crippen LogP contribution in [0.15, 0.2) is 33.4 Å². The Hall–Kier alpha value is -2.94. The van der Waals surface area contributed by atoms with E-state index in [1.54, 1.807) is 33.5 Å². The quantitative estimate of drug-likeness (QED) is 0.335. The zero-order valence-corrected chi connectivity index (χ0v) is 20.2. The molecule has 2 heterocycles. The van der Waals surface area contributed by atoms with E-state index >= 15 is 0 Å². The van der Waals surface area contributed by atoms with E-state index in [4.69, 9.17) is 19.2 Å². The van der Waals surface area contributed by atoms with Gasteiger partial charge in [0.25, 0.3) is 5.56 Å². The van der Waals surface area contributed by atoms with E-state index in [9.17, 15) is 9.59 Å². The minimum absolute atomic E-state index is 0.0250. The molecular weight excluding hydrogens is 442 g/mol. The predicted molar refractivity (Wildman–Crippen MR) is 128 cm³/mol. The first-order chi connectivity index (χ1) is 16.0. The van der Waals surface area contributed by atoms with E-state index in [-0.39, 0.29) is 11.3 Å². The van der Waals surface area contributed by atoms with Crippen LogP contribution in [0.4, 0.5) is 5.82 Å². The standard InChI is InChI=1S/C24H29N3O5S/c1-5-6-10-33-24-26-22-21(23(29)27-24)19(20-14(25-22)8-7-9-15(20)28)13-11-17(31-3)18(32-4)12-16(13)30-2/h11-12,19H,5-10H2,1-4H3,(H2,25,26,27,29). The summed E-state index contributed by atoms with van der Waals surface area (Å²) in [6.45, 7) is 2.13. The molecule has 0 fully saturated rings. The van der Waals surface area contributed by atoms with Crippen molar-refractivity contribution in [1.29, 1.82) is 0 Å². The number of nitrogens with zero attached hydrogens (tertiary/aromatic N) is 1. The van der Waals surface area contributed by atoms with Crippen molar-refractivity contribution in [2.45, 2.75) is 50.1 Å². The summed E-state index contributed by atoms with van der Waals surface area (Å²) in [5, 5.41) is 3.88. The Balaban J connectivity index is 1.93. The van der Waals surface area contributed by atoms with E-state index in [0.717, 1.165) is 37.1 Å². The van der Waals surface area contributed by atoms with Gasteiger partial charge in [0.05, 0.1) is 32.8 Å². The highest BCUT2D eigenvalue weighted by atomic mass is 32.2. The van der Waals surface area contributed by atoms with E-state index in [1.807, 2.05) is 0 Å². The Morgan fingerprint density at radius 1 is 1.06 bits per heavy atom. The third-order valence-corrected chi connectivity index (χ3v) is 6.98. The highest BCUT2D eigenvalue weighted by Crippen LogP contribution is 2.48. The van der Waals surface area contributed by atoms with Crippen molar-refractivity contribution in [2.75, 3.05) is 32.4 Å². The summed E-state index contributed by atoms with van der Waals surface area (Å²) in [7, 11) is 4.66. The SMILES string of the molecule is CCCCSc1nc2c(c(=O)[nH]1)C(c1cc(OC)c(OC)cc1OC)C1=C(CCCC1=O)N2. The Labute approximate surface area is 197 Å². The van der Waals surface area contributed by atoms with Gasteiger partial charge in [-0.2, -0.15) is 0 Å². The van der Waals surface area contributed by atoms with Crippen LogP contribution in [0.3, 0.4) is 0 Å². The number of H-pyrrole nitrogens is 1. The topological polar surface area (TPSA) is 103 Å². The molecule has 1 aliphatic carbocycles. The van der Waals surface area contributed by atoms with Crippen LogP contribution in [0.2, 0.25) is 0 Å². The van der Waals surface area contributed by atoms with E-state index < -0.39 is 5.92 Å². The molecule has 1 aromatic heterocycles. The molecule has 1 aromatic carbocycles. The van der Waals surface area contributed by atoms with Crippen molar-refractivity contribution in [3.05, 3.63) is 44.9 Å². The third kappa shape index (κ3) is 4.34. The fourth-order valence-corrected chi connectivity index (χ4v) is 5.36. The number of allylic oxidation sites excluding steroid dienone is 2. The smallest absolute Gasteiger partial charge is 0.257 e. The number of unbranched alkanes of at least 4 members (excludes halogenated alkanes) is 1. The highest BCUT2D eigenvalue weighted by molar-refractivity contribution is 7.99. The lowest BCUT2D eigenvalue weighted by atomic mass is 9.76. The van der Waals surface area contributed by atoms with Gasteiger partial charge in [0.15, 0.2) is 22.4 Å². The Morgan fingerprint density at radius 2 is 1.79 bits per heavy atom. The van der Waals surface area contributed by atoms with Gasteiger partial charge in [-0.05, 0) is 25.3 Å². The number of nitrogens with one attached hydrogen (secondary N) is 2. The second-order valence-electron chi connectivity index (χ2n) is 8.01. The molecule has 0 saturated heterocycles. The maximum absolute atomic E-state index is 13.4. The molecule has 33 heavy (non-hydrogen) atoms. The second kappa shape index (κ2) is 9.91. The van der Waals surface area contributed by atoms with Crippen LogP contribution in [0.5, 0.6) is 17.2 Å². The largest absolute Gasteiger partial charge is 0.496 e. The summed E-state index contributed by atoms with van der Waals surface area (Å²) >= 11 is 1.53. The number of benzene rings is 1. The summed E-state index contributed by atoms with van der Waals surface area (Å²) in [6, 6.07) is 3.51. The maximum atomic E-state index is 13.4. The number of ether oxygens (including phenoxy) is 3. The molecule has 2 aromatic rings. The molecule has 0 amide bonds. The van der Waals surface area contributed by atoms with Gasteiger partial charge in [-0.1, -0.05) is 25.1 Å². The lowest BCUT2D eigenvalue weighted by Crippen LogP contribution is -2.33. The number of anilines is 1. The number of Topliss-reactive ketones (excluding diaryl/α,β-unsaturated/α-hetero) is 1. The fraction of sp³-hybridized carbons (Fsp3) is 0.458. The lowest BCUT2D eigenvalue weighted by molar-refractivity contribution is -0.116. The number of carbonyl (C=O) groups excluding carboxylic acids is 1. The van der Waals surface area contributed by atoms with Crippen LogP contribution in [-0.4, -0.2) is 42.8 Å². The number of hydrogen-bond donors (Lipinski definition) is 2. The fourth-order valence-electron chi connectivity index (χ4n) is 4.41. The minimum atomic E-state index is -0.621. The van der Waals surface area contributed by atoms with Gasteiger partial charge >= 0.3 is 0 Å². The van der Waals surface area contributed by atoms with Gasteiger partial charge < -0.3 is 24.5 Å². The number of rotatable bonds is 8. The number of thioether (sulfide) groups is 1. The average Bonchev–Trinajstić information content (AvgIpc) is 2.82. The molecule has 0 spiro atoms. The van der Waals surface area contributed by atoms with Gasteiger partial charge in [-0.15, -0.1) is 0 Å². The van der Waals surface area contributed by atoms with E-state index in [2.05, 4.69) is 17.2 Å². The molecule has 1 aliphatic heterocycles. The normalized spacial score (nSPS) is 17.2. The predicted octanol–water partition coefficient (Wildman–Crippen LogP) is 4.25.